The third kappa shape index (κ3) is 5.07. The quantitative estimate of drug-likeness (QED) is 0.425. The number of nitrogens with one attached hydrogen (secondary N) is 3. The van der Waals surface area contributed by atoms with Crippen LogP contribution in [0.1, 0.15) is 49.7 Å². The van der Waals surface area contributed by atoms with Gasteiger partial charge in [-0.15, -0.1) is 0 Å². The standard InChI is InChI=1S/C20H29N5O2/c21-19(22)15-9-7-14(8-10-15)12-24-20(27)17-6-3-11-25(17)18(26)13-23-16-4-1-2-5-16/h7-10,16-17,23H,1-6,11-13H2,(H3,21,22)(H,24,27)/t17-/m0/s1. The minimum atomic E-state index is -0.376. The number of benzene rings is 1. The molecule has 1 aromatic carbocycles. The smallest absolute Gasteiger partial charge is 0.243 e. The Morgan fingerprint density at radius 3 is 2.48 bits per heavy atom. The Bertz CT molecular complexity index is 682. The summed E-state index contributed by atoms with van der Waals surface area (Å²) in [7, 11) is 0. The highest BCUT2D eigenvalue weighted by Gasteiger charge is 2.33. The normalized spacial score (nSPS) is 20.0. The third-order valence-electron chi connectivity index (χ3n) is 5.50. The van der Waals surface area contributed by atoms with Crippen LogP contribution in [0, 0.1) is 5.41 Å². The molecule has 146 valence electrons. The highest BCUT2D eigenvalue weighted by atomic mass is 16.2. The third-order valence-corrected chi connectivity index (χ3v) is 5.50. The van der Waals surface area contributed by atoms with Gasteiger partial charge in [-0.25, -0.2) is 0 Å². The summed E-state index contributed by atoms with van der Waals surface area (Å²) in [4.78, 5) is 26.9. The zero-order chi connectivity index (χ0) is 19.2. The lowest BCUT2D eigenvalue weighted by Crippen LogP contribution is -2.49. The average molecular weight is 371 g/mol. The van der Waals surface area contributed by atoms with Crippen molar-refractivity contribution in [3.8, 4) is 0 Å². The van der Waals surface area contributed by atoms with Crippen LogP contribution in [-0.4, -0.2) is 47.7 Å². The predicted molar refractivity (Wildman–Crippen MR) is 104 cm³/mol. The first kappa shape index (κ1) is 19.4. The zero-order valence-corrected chi connectivity index (χ0v) is 15.7. The number of nitrogen functional groups attached to an aromatic ring is 1. The Balaban J connectivity index is 1.48. The largest absolute Gasteiger partial charge is 0.384 e. The van der Waals surface area contributed by atoms with Gasteiger partial charge in [-0.1, -0.05) is 37.1 Å². The van der Waals surface area contributed by atoms with Crippen molar-refractivity contribution in [3.63, 3.8) is 0 Å². The Morgan fingerprint density at radius 1 is 1.11 bits per heavy atom. The van der Waals surface area contributed by atoms with Crippen LogP contribution in [0.25, 0.3) is 0 Å². The van der Waals surface area contributed by atoms with Crippen molar-refractivity contribution in [3.05, 3.63) is 35.4 Å². The lowest BCUT2D eigenvalue weighted by molar-refractivity contribution is -0.137. The summed E-state index contributed by atoms with van der Waals surface area (Å²) in [6, 6.07) is 7.30. The number of likely N-dealkylation sites (tertiary alicyclic amines) is 1. The fourth-order valence-electron chi connectivity index (χ4n) is 3.91. The van der Waals surface area contributed by atoms with Crippen molar-refractivity contribution < 1.29 is 9.59 Å². The van der Waals surface area contributed by atoms with E-state index in [4.69, 9.17) is 11.1 Å². The van der Waals surface area contributed by atoms with Crippen molar-refractivity contribution in [2.45, 2.75) is 57.2 Å². The van der Waals surface area contributed by atoms with E-state index in [1.807, 2.05) is 12.1 Å². The second-order valence-corrected chi connectivity index (χ2v) is 7.44. The SMILES string of the molecule is N=C(N)c1ccc(CNC(=O)[C@@H]2CCCN2C(=O)CNC2CCCC2)cc1. The lowest BCUT2D eigenvalue weighted by atomic mass is 10.1. The molecule has 5 N–H and O–H groups in total. The van der Waals surface area contributed by atoms with Crippen molar-refractivity contribution in [1.82, 2.24) is 15.5 Å². The van der Waals surface area contributed by atoms with Crippen LogP contribution in [0.5, 0.6) is 0 Å². The van der Waals surface area contributed by atoms with Crippen LogP contribution in [0.4, 0.5) is 0 Å². The highest BCUT2D eigenvalue weighted by Crippen LogP contribution is 2.19. The van der Waals surface area contributed by atoms with E-state index in [1.54, 1.807) is 17.0 Å². The van der Waals surface area contributed by atoms with Gasteiger partial charge in [-0.3, -0.25) is 15.0 Å². The molecule has 2 aliphatic rings. The minimum Gasteiger partial charge on any atom is -0.384 e. The van der Waals surface area contributed by atoms with Gasteiger partial charge in [0.15, 0.2) is 0 Å². The first-order valence-electron chi connectivity index (χ1n) is 9.78. The summed E-state index contributed by atoms with van der Waals surface area (Å²) >= 11 is 0. The summed E-state index contributed by atoms with van der Waals surface area (Å²) in [5, 5.41) is 13.7. The molecule has 1 saturated carbocycles. The molecule has 0 unspecified atom stereocenters. The summed E-state index contributed by atoms with van der Waals surface area (Å²) in [6.45, 7) is 1.37. The number of amidine groups is 1. The molecule has 2 fully saturated rings. The van der Waals surface area contributed by atoms with Gasteiger partial charge in [-0.05, 0) is 31.2 Å². The van der Waals surface area contributed by atoms with Gasteiger partial charge >= 0.3 is 0 Å². The van der Waals surface area contributed by atoms with Crippen molar-refractivity contribution >= 4 is 17.6 Å². The Labute approximate surface area is 160 Å². The Hall–Kier alpha value is -2.41. The summed E-state index contributed by atoms with van der Waals surface area (Å²) < 4.78 is 0. The van der Waals surface area contributed by atoms with Crippen molar-refractivity contribution in [1.29, 1.82) is 5.41 Å². The number of hydrogen-bond acceptors (Lipinski definition) is 4. The number of amides is 2. The van der Waals surface area contributed by atoms with E-state index in [0.29, 0.717) is 37.7 Å². The van der Waals surface area contributed by atoms with E-state index < -0.39 is 0 Å². The van der Waals surface area contributed by atoms with E-state index in [1.165, 1.54) is 12.8 Å². The molecule has 1 atom stereocenters. The van der Waals surface area contributed by atoms with Gasteiger partial charge in [0, 0.05) is 24.7 Å². The molecule has 0 aromatic heterocycles. The minimum absolute atomic E-state index is 0.0189. The molecule has 0 radical (unpaired) electrons. The Kier molecular flexibility index (Phi) is 6.45. The zero-order valence-electron chi connectivity index (χ0n) is 15.7. The second kappa shape index (κ2) is 8.99. The molecule has 7 nitrogen and oxygen atoms in total. The summed E-state index contributed by atoms with van der Waals surface area (Å²) in [5.41, 5.74) is 7.04. The fraction of sp³-hybridized carbons (Fsp3) is 0.550. The second-order valence-electron chi connectivity index (χ2n) is 7.44. The molecule has 1 aliphatic heterocycles. The monoisotopic (exact) mass is 371 g/mol. The number of nitrogens with zero attached hydrogens (tertiary/aromatic N) is 1. The van der Waals surface area contributed by atoms with Gasteiger partial charge in [-0.2, -0.15) is 0 Å². The number of nitrogens with two attached hydrogens (primary N) is 1. The molecule has 1 aromatic rings. The Morgan fingerprint density at radius 2 is 1.81 bits per heavy atom. The van der Waals surface area contributed by atoms with Crippen molar-refractivity contribution in [2.24, 2.45) is 5.73 Å². The topological polar surface area (TPSA) is 111 Å². The summed E-state index contributed by atoms with van der Waals surface area (Å²) in [6.07, 6.45) is 6.31. The maximum absolute atomic E-state index is 12.6. The van der Waals surface area contributed by atoms with Crippen LogP contribution < -0.4 is 16.4 Å². The molecule has 0 bridgehead atoms. The molecule has 7 heteroatoms. The van der Waals surface area contributed by atoms with E-state index >= 15 is 0 Å². The van der Waals surface area contributed by atoms with E-state index in [2.05, 4.69) is 10.6 Å². The molecular formula is C20H29N5O2. The van der Waals surface area contributed by atoms with Crippen LogP contribution >= 0.6 is 0 Å². The number of carbonyl (C=O) groups excluding carboxylic acids is 2. The maximum atomic E-state index is 12.6. The molecule has 0 spiro atoms. The maximum Gasteiger partial charge on any atom is 0.243 e. The molecule has 27 heavy (non-hydrogen) atoms. The predicted octanol–water partition coefficient (Wildman–Crippen LogP) is 1.11. The van der Waals surface area contributed by atoms with Crippen molar-refractivity contribution in [2.75, 3.05) is 13.1 Å². The molecule has 2 amide bonds. The van der Waals surface area contributed by atoms with Crippen LogP contribution in [-0.2, 0) is 16.1 Å². The molecule has 3 rings (SSSR count). The number of carbonyl (C=O) groups is 2. The average Bonchev–Trinajstić information content (AvgIpc) is 3.36. The molecule has 1 aliphatic carbocycles. The first-order chi connectivity index (χ1) is 13.0. The van der Waals surface area contributed by atoms with Gasteiger partial charge in [0.2, 0.25) is 11.8 Å². The number of rotatable bonds is 7. The van der Waals surface area contributed by atoms with Gasteiger partial charge < -0.3 is 21.3 Å². The molecule has 1 saturated heterocycles. The van der Waals surface area contributed by atoms with Crippen LogP contribution in [0.3, 0.4) is 0 Å². The first-order valence-corrected chi connectivity index (χ1v) is 9.78. The van der Waals surface area contributed by atoms with Gasteiger partial charge in [0.25, 0.3) is 0 Å². The number of hydrogen-bond donors (Lipinski definition) is 4. The van der Waals surface area contributed by atoms with Gasteiger partial charge in [0.1, 0.15) is 11.9 Å². The van der Waals surface area contributed by atoms with Crippen LogP contribution in [0.15, 0.2) is 24.3 Å². The van der Waals surface area contributed by atoms with E-state index in [9.17, 15) is 9.59 Å². The molecule has 1 heterocycles. The lowest BCUT2D eigenvalue weighted by Gasteiger charge is -2.25. The fourth-order valence-corrected chi connectivity index (χ4v) is 3.91. The van der Waals surface area contributed by atoms with Gasteiger partial charge in [0.05, 0.1) is 6.54 Å². The highest BCUT2D eigenvalue weighted by molar-refractivity contribution is 5.94. The molecular weight excluding hydrogens is 342 g/mol. The van der Waals surface area contributed by atoms with E-state index in [-0.39, 0.29) is 23.7 Å². The van der Waals surface area contributed by atoms with E-state index in [0.717, 1.165) is 24.8 Å². The van der Waals surface area contributed by atoms with Crippen LogP contribution in [0.2, 0.25) is 0 Å². The summed E-state index contributed by atoms with van der Waals surface area (Å²) in [5.74, 6) is -0.0559.